The fourth-order valence-electron chi connectivity index (χ4n) is 0. The fraction of sp³-hybridized carbons (Fsp3) is 0.500. The molecule has 2 N–H and O–H groups in total. The van der Waals surface area contributed by atoms with Crippen LogP contribution in [-0.4, -0.2) is 47.5 Å². The van der Waals surface area contributed by atoms with Crippen LogP contribution in [0, 0.1) is 0 Å². The van der Waals surface area contributed by atoms with Gasteiger partial charge in [-0.1, -0.05) is 5.57 Å². The minimum absolute atomic E-state index is 0. The Morgan fingerprint density at radius 2 is 1.44 bits per heavy atom. The first kappa shape index (κ1) is 16.9. The molecule has 0 saturated heterocycles. The van der Waals surface area contributed by atoms with Crippen LogP contribution in [0.25, 0.3) is 0 Å². The second-order valence-electron chi connectivity index (χ2n) is 1.49. The Labute approximate surface area is 91.6 Å². The van der Waals surface area contributed by atoms with Crippen molar-refractivity contribution in [3.8, 4) is 0 Å². The molecule has 54 valence electrons. The second kappa shape index (κ2) is 12.3. The van der Waals surface area contributed by atoms with E-state index >= 15 is 0 Å². The summed E-state index contributed by atoms with van der Waals surface area (Å²) in [7, 11) is -2.30. The van der Waals surface area contributed by atoms with Crippen LogP contribution in [0.1, 0.15) is 13.8 Å². The molecular weight excluding hydrogens is 183 g/mol. The van der Waals surface area contributed by atoms with Crippen molar-refractivity contribution in [3.63, 3.8) is 0 Å². The summed E-state index contributed by atoms with van der Waals surface area (Å²) in [4.78, 5) is 15.1. The standard InChI is InChI=1S/C4H8.Ca.H3O2PS.2H/c1-4(2)3;;1-3(2)4;;/h1H2,2-3H3;;3H,(H2,1,2,4);;. The molecule has 0 rings (SSSR count). The normalized spacial score (nSPS) is 6.78. The monoisotopic (exact) mass is 196 g/mol. The van der Waals surface area contributed by atoms with Gasteiger partial charge in [0.25, 0.3) is 0 Å². The van der Waals surface area contributed by atoms with Crippen LogP contribution >= 0.6 is 7.15 Å². The van der Waals surface area contributed by atoms with E-state index in [-0.39, 0.29) is 37.7 Å². The first-order valence-corrected chi connectivity index (χ1v) is 4.53. The van der Waals surface area contributed by atoms with Crippen LogP contribution in [0.4, 0.5) is 0 Å². The second-order valence-corrected chi connectivity index (χ2v) is 3.15. The summed E-state index contributed by atoms with van der Waals surface area (Å²) in [5, 5.41) is 0. The molecule has 0 spiro atoms. The van der Waals surface area contributed by atoms with Crippen molar-refractivity contribution in [3.05, 3.63) is 12.2 Å². The Morgan fingerprint density at radius 1 is 1.44 bits per heavy atom. The topological polar surface area (TPSA) is 40.5 Å². The molecule has 5 heteroatoms. The van der Waals surface area contributed by atoms with E-state index in [9.17, 15) is 0 Å². The summed E-state index contributed by atoms with van der Waals surface area (Å²) >= 11 is 3.83. The van der Waals surface area contributed by atoms with E-state index in [1.165, 1.54) is 5.57 Å². The molecule has 0 aliphatic heterocycles. The zero-order valence-electron chi connectivity index (χ0n) is 5.01. The zero-order valence-corrected chi connectivity index (χ0v) is 6.83. The van der Waals surface area contributed by atoms with E-state index in [4.69, 9.17) is 9.79 Å². The third-order valence-corrected chi connectivity index (χ3v) is 0. The van der Waals surface area contributed by atoms with E-state index in [0.29, 0.717) is 0 Å². The van der Waals surface area contributed by atoms with E-state index in [2.05, 4.69) is 18.4 Å². The van der Waals surface area contributed by atoms with Gasteiger partial charge in [0.05, 0.1) is 0 Å². The van der Waals surface area contributed by atoms with E-state index < -0.39 is 7.15 Å². The van der Waals surface area contributed by atoms with Gasteiger partial charge in [-0.2, -0.15) is 0 Å². The number of hydrogen-bond acceptors (Lipinski definition) is 1. The van der Waals surface area contributed by atoms with Gasteiger partial charge in [0.15, 0.2) is 7.15 Å². The molecule has 0 aliphatic carbocycles. The summed E-state index contributed by atoms with van der Waals surface area (Å²) in [5.74, 6) is 0. The van der Waals surface area contributed by atoms with Crippen molar-refractivity contribution in [2.45, 2.75) is 13.8 Å². The molecule has 0 aromatic carbocycles. The van der Waals surface area contributed by atoms with Gasteiger partial charge < -0.3 is 9.79 Å². The third kappa shape index (κ3) is 223. The summed E-state index contributed by atoms with van der Waals surface area (Å²) in [6.45, 7) is 7.50. The first-order chi connectivity index (χ1) is 3.46. The Kier molecular flexibility index (Phi) is 23.0. The first-order valence-electron chi connectivity index (χ1n) is 2.00. The number of allylic oxidation sites excluding steroid dienone is 1. The average molecular weight is 196 g/mol. The van der Waals surface area contributed by atoms with E-state index in [0.717, 1.165) is 0 Å². The van der Waals surface area contributed by atoms with Crippen LogP contribution in [-0.2, 0) is 11.8 Å². The Morgan fingerprint density at radius 3 is 1.44 bits per heavy atom. The van der Waals surface area contributed by atoms with Crippen LogP contribution in [0.2, 0.25) is 0 Å². The molecule has 0 fully saturated rings. The van der Waals surface area contributed by atoms with Crippen molar-refractivity contribution in [2.75, 3.05) is 0 Å². The summed E-state index contributed by atoms with van der Waals surface area (Å²) < 4.78 is 0. The van der Waals surface area contributed by atoms with Crippen LogP contribution < -0.4 is 0 Å². The molecule has 0 amide bonds. The Balaban J connectivity index is -0.0000000720. The van der Waals surface area contributed by atoms with Gasteiger partial charge in [0, 0.05) is 0 Å². The van der Waals surface area contributed by atoms with Gasteiger partial charge in [0.1, 0.15) is 0 Å². The van der Waals surface area contributed by atoms with Crippen molar-refractivity contribution in [1.82, 2.24) is 0 Å². The number of rotatable bonds is 0. The van der Waals surface area contributed by atoms with Gasteiger partial charge in [-0.05, 0) is 25.7 Å². The minimum atomic E-state index is -2.30. The molecule has 0 aromatic rings. The van der Waals surface area contributed by atoms with Gasteiger partial charge in [0.2, 0.25) is 0 Å². The van der Waals surface area contributed by atoms with Crippen LogP contribution in [0.5, 0.6) is 0 Å². The molecular formula is C4H13CaO2PS. The molecule has 0 aliphatic rings. The summed E-state index contributed by atoms with van der Waals surface area (Å²) in [6, 6.07) is 0. The molecule has 0 unspecified atom stereocenters. The fourth-order valence-corrected chi connectivity index (χ4v) is 0. The molecule has 9 heavy (non-hydrogen) atoms. The SMILES string of the molecule is C=C(C)C.O[PH](O)=S.[CaH2]. The molecule has 0 bridgehead atoms. The predicted molar refractivity (Wildman–Crippen MR) is 49.1 cm³/mol. The van der Waals surface area contributed by atoms with Gasteiger partial charge in [-0.25, -0.2) is 0 Å². The van der Waals surface area contributed by atoms with Gasteiger partial charge in [-0.15, -0.1) is 6.58 Å². The van der Waals surface area contributed by atoms with E-state index in [1.807, 2.05) is 13.8 Å². The molecule has 0 saturated carbocycles. The maximum absolute atomic E-state index is 7.53. The van der Waals surface area contributed by atoms with E-state index in [1.54, 1.807) is 0 Å². The van der Waals surface area contributed by atoms with Crippen molar-refractivity contribution >= 4 is 56.7 Å². The summed E-state index contributed by atoms with van der Waals surface area (Å²) in [5.41, 5.74) is 1.17. The van der Waals surface area contributed by atoms with Crippen LogP contribution in [0.3, 0.4) is 0 Å². The third-order valence-electron chi connectivity index (χ3n) is 0. The van der Waals surface area contributed by atoms with Crippen molar-refractivity contribution in [2.24, 2.45) is 0 Å². The van der Waals surface area contributed by atoms with Gasteiger partial charge >= 0.3 is 37.7 Å². The Bertz CT molecular complexity index is 76.6. The van der Waals surface area contributed by atoms with Crippen molar-refractivity contribution < 1.29 is 9.79 Å². The van der Waals surface area contributed by atoms with Gasteiger partial charge in [-0.3, -0.25) is 0 Å². The van der Waals surface area contributed by atoms with Crippen molar-refractivity contribution in [1.29, 1.82) is 0 Å². The molecule has 0 radical (unpaired) electrons. The molecule has 0 heterocycles. The summed E-state index contributed by atoms with van der Waals surface area (Å²) in [6.07, 6.45) is 0. The quantitative estimate of drug-likeness (QED) is 0.329. The maximum atomic E-state index is 7.53. The molecule has 2 nitrogen and oxygen atoms in total. The molecule has 0 aromatic heterocycles. The predicted octanol–water partition coefficient (Wildman–Crippen LogP) is 0.143. The Hall–Kier alpha value is 1.57. The van der Waals surface area contributed by atoms with Crippen LogP contribution in [0.15, 0.2) is 12.2 Å². The number of hydrogen-bond donors (Lipinski definition) is 2. The average Bonchev–Trinajstić information content (AvgIpc) is 1.25. The molecule has 0 atom stereocenters. The zero-order chi connectivity index (χ0) is 7.15.